The van der Waals surface area contributed by atoms with Gasteiger partial charge in [-0.1, -0.05) is 5.92 Å². The van der Waals surface area contributed by atoms with Crippen molar-refractivity contribution < 1.29 is 4.39 Å². The van der Waals surface area contributed by atoms with Crippen LogP contribution < -0.4 is 0 Å². The van der Waals surface area contributed by atoms with E-state index >= 15 is 0 Å². The minimum Gasteiger partial charge on any atom is -0.238 e. The summed E-state index contributed by atoms with van der Waals surface area (Å²) in [4.78, 5) is 3.51. The Kier molecular flexibility index (Phi) is 1.99. The zero-order valence-corrected chi connectivity index (χ0v) is 7.18. The summed E-state index contributed by atoms with van der Waals surface area (Å²) < 4.78 is 14.0. The summed E-state index contributed by atoms with van der Waals surface area (Å²) in [6.45, 7) is 0. The molecule has 2 aromatic rings. The van der Waals surface area contributed by atoms with Gasteiger partial charge in [0.05, 0.1) is 23.6 Å². The van der Waals surface area contributed by atoms with Crippen LogP contribution in [0.1, 0.15) is 5.56 Å². The molecule has 0 bridgehead atoms. The van der Waals surface area contributed by atoms with Gasteiger partial charge in [0, 0.05) is 6.20 Å². The number of hydrogen-bond acceptors (Lipinski definition) is 2. The van der Waals surface area contributed by atoms with Gasteiger partial charge in [0.15, 0.2) is 0 Å². The first-order valence-electron chi connectivity index (χ1n) is 3.93. The van der Waals surface area contributed by atoms with Crippen molar-refractivity contribution in [2.24, 2.45) is 0 Å². The van der Waals surface area contributed by atoms with Gasteiger partial charge in [0.1, 0.15) is 0 Å². The topological polar surface area (TPSA) is 30.7 Å². The van der Waals surface area contributed by atoms with Gasteiger partial charge in [-0.05, 0) is 12.1 Å². The maximum absolute atomic E-state index is 12.5. The van der Waals surface area contributed by atoms with Crippen LogP contribution in [0.15, 0.2) is 30.7 Å². The van der Waals surface area contributed by atoms with Crippen molar-refractivity contribution in [1.29, 1.82) is 0 Å². The van der Waals surface area contributed by atoms with E-state index in [0.717, 1.165) is 0 Å². The maximum Gasteiger partial charge on any atom is 0.212 e. The SMILES string of the molecule is C#Cc1cnn(-c2ccc(F)nc2)c1. The van der Waals surface area contributed by atoms with Crippen LogP contribution in [-0.2, 0) is 0 Å². The van der Waals surface area contributed by atoms with E-state index in [0.29, 0.717) is 11.3 Å². The van der Waals surface area contributed by atoms with Crippen molar-refractivity contribution in [3.8, 4) is 18.0 Å². The van der Waals surface area contributed by atoms with Crippen molar-refractivity contribution in [3.63, 3.8) is 0 Å². The fourth-order valence-electron chi connectivity index (χ4n) is 1.04. The molecule has 68 valence electrons. The first-order valence-corrected chi connectivity index (χ1v) is 3.93. The van der Waals surface area contributed by atoms with Gasteiger partial charge < -0.3 is 0 Å². The minimum absolute atomic E-state index is 0.516. The quantitative estimate of drug-likeness (QED) is 0.499. The zero-order valence-electron chi connectivity index (χ0n) is 7.18. The summed E-state index contributed by atoms with van der Waals surface area (Å²) >= 11 is 0. The molecule has 14 heavy (non-hydrogen) atoms. The Bertz CT molecular complexity index is 479. The number of terminal acetylenes is 1. The molecule has 2 aromatic heterocycles. The highest BCUT2D eigenvalue weighted by molar-refractivity contribution is 5.33. The molecule has 0 aromatic carbocycles. The highest BCUT2D eigenvalue weighted by Gasteiger charge is 1.99. The average Bonchev–Trinajstić information content (AvgIpc) is 2.67. The second-order valence-electron chi connectivity index (χ2n) is 2.66. The number of nitrogens with zero attached hydrogens (tertiary/aromatic N) is 3. The third-order valence-electron chi connectivity index (χ3n) is 1.73. The zero-order chi connectivity index (χ0) is 9.97. The average molecular weight is 187 g/mol. The molecule has 2 rings (SSSR count). The largest absolute Gasteiger partial charge is 0.238 e. The van der Waals surface area contributed by atoms with Crippen LogP contribution in [0.4, 0.5) is 4.39 Å². The molecule has 0 saturated carbocycles. The standard InChI is InChI=1S/C10H6FN3/c1-2-8-5-13-14(7-8)9-3-4-10(11)12-6-9/h1,3-7H. The van der Waals surface area contributed by atoms with Crippen LogP contribution in [0, 0.1) is 18.3 Å². The van der Waals surface area contributed by atoms with Gasteiger partial charge in [-0.25, -0.2) is 9.67 Å². The Morgan fingerprint density at radius 2 is 2.21 bits per heavy atom. The van der Waals surface area contributed by atoms with Gasteiger partial charge >= 0.3 is 0 Å². The van der Waals surface area contributed by atoms with Crippen molar-refractivity contribution in [1.82, 2.24) is 14.8 Å². The maximum atomic E-state index is 12.5. The summed E-state index contributed by atoms with van der Waals surface area (Å²) in [7, 11) is 0. The first kappa shape index (κ1) is 8.45. The Morgan fingerprint density at radius 3 is 2.79 bits per heavy atom. The third kappa shape index (κ3) is 1.48. The Morgan fingerprint density at radius 1 is 1.36 bits per heavy atom. The van der Waals surface area contributed by atoms with E-state index in [2.05, 4.69) is 16.0 Å². The summed E-state index contributed by atoms with van der Waals surface area (Å²) in [6, 6.07) is 2.85. The van der Waals surface area contributed by atoms with E-state index in [1.54, 1.807) is 23.1 Å². The van der Waals surface area contributed by atoms with Crippen LogP contribution in [0.5, 0.6) is 0 Å². The van der Waals surface area contributed by atoms with E-state index in [-0.39, 0.29) is 0 Å². The summed E-state index contributed by atoms with van der Waals surface area (Å²) in [5, 5.41) is 4.00. The van der Waals surface area contributed by atoms with Crippen LogP contribution in [0.3, 0.4) is 0 Å². The lowest BCUT2D eigenvalue weighted by molar-refractivity contribution is 0.582. The van der Waals surface area contributed by atoms with E-state index < -0.39 is 5.95 Å². The van der Waals surface area contributed by atoms with Crippen molar-refractivity contribution in [2.45, 2.75) is 0 Å². The predicted octanol–water partition coefficient (Wildman–Crippen LogP) is 1.39. The smallest absolute Gasteiger partial charge is 0.212 e. The molecule has 3 nitrogen and oxygen atoms in total. The second kappa shape index (κ2) is 3.30. The molecule has 0 radical (unpaired) electrons. The lowest BCUT2D eigenvalue weighted by Crippen LogP contribution is -1.95. The van der Waals surface area contributed by atoms with E-state index in [1.165, 1.54) is 12.3 Å². The molecule has 0 unspecified atom stereocenters. The predicted molar refractivity (Wildman–Crippen MR) is 49.3 cm³/mol. The van der Waals surface area contributed by atoms with Crippen LogP contribution in [-0.4, -0.2) is 14.8 Å². The lowest BCUT2D eigenvalue weighted by Gasteiger charge is -1.98. The van der Waals surface area contributed by atoms with Crippen molar-refractivity contribution in [3.05, 3.63) is 42.2 Å². The first-order chi connectivity index (χ1) is 6.79. The second-order valence-corrected chi connectivity index (χ2v) is 2.66. The lowest BCUT2D eigenvalue weighted by atomic mass is 10.4. The van der Waals surface area contributed by atoms with Crippen molar-refractivity contribution >= 4 is 0 Å². The molecule has 0 atom stereocenters. The molecule has 0 fully saturated rings. The van der Waals surface area contributed by atoms with Crippen LogP contribution in [0.2, 0.25) is 0 Å². The molecule has 0 amide bonds. The number of pyridine rings is 1. The Labute approximate surface area is 80.2 Å². The fraction of sp³-hybridized carbons (Fsp3) is 0. The van der Waals surface area contributed by atoms with E-state index in [4.69, 9.17) is 6.42 Å². The van der Waals surface area contributed by atoms with Gasteiger partial charge in [-0.3, -0.25) is 0 Å². The minimum atomic E-state index is -0.516. The molecule has 4 heteroatoms. The van der Waals surface area contributed by atoms with Gasteiger partial charge in [0.25, 0.3) is 0 Å². The highest BCUT2D eigenvalue weighted by atomic mass is 19.1. The molecule has 2 heterocycles. The molecule has 0 aliphatic carbocycles. The summed E-state index contributed by atoms with van der Waals surface area (Å²) in [5.74, 6) is 1.94. The normalized spacial score (nSPS) is 9.71. The van der Waals surface area contributed by atoms with Crippen LogP contribution >= 0.6 is 0 Å². The molecule has 0 aliphatic rings. The van der Waals surface area contributed by atoms with Gasteiger partial charge in [-0.15, -0.1) is 6.42 Å². The number of rotatable bonds is 1. The Hall–Kier alpha value is -2.15. The number of halogens is 1. The summed E-state index contributed by atoms with van der Waals surface area (Å²) in [6.07, 6.45) is 9.81. The monoisotopic (exact) mass is 187 g/mol. The number of aromatic nitrogens is 3. The highest BCUT2D eigenvalue weighted by Crippen LogP contribution is 2.06. The van der Waals surface area contributed by atoms with Crippen LogP contribution in [0.25, 0.3) is 5.69 Å². The van der Waals surface area contributed by atoms with E-state index in [1.807, 2.05) is 0 Å². The fourth-order valence-corrected chi connectivity index (χ4v) is 1.04. The molecule has 0 saturated heterocycles. The molecule has 0 spiro atoms. The van der Waals surface area contributed by atoms with Gasteiger partial charge in [0.2, 0.25) is 5.95 Å². The molecule has 0 aliphatic heterocycles. The Balaban J connectivity index is 2.40. The number of hydrogen-bond donors (Lipinski definition) is 0. The summed E-state index contributed by atoms with van der Waals surface area (Å²) in [5.41, 5.74) is 1.35. The van der Waals surface area contributed by atoms with E-state index in [9.17, 15) is 4.39 Å². The molecule has 0 N–H and O–H groups in total. The molecular formula is C10H6FN3. The molecular weight excluding hydrogens is 181 g/mol. The third-order valence-corrected chi connectivity index (χ3v) is 1.73. The van der Waals surface area contributed by atoms with Crippen molar-refractivity contribution in [2.75, 3.05) is 0 Å². The van der Waals surface area contributed by atoms with Gasteiger partial charge in [-0.2, -0.15) is 9.49 Å².